The molecule has 2 N–H and O–H groups in total. The summed E-state index contributed by atoms with van der Waals surface area (Å²) in [5.74, 6) is 0.418. The summed E-state index contributed by atoms with van der Waals surface area (Å²) in [6.07, 6.45) is 1.78. The summed E-state index contributed by atoms with van der Waals surface area (Å²) < 4.78 is 0. The summed E-state index contributed by atoms with van der Waals surface area (Å²) in [7, 11) is 0. The zero-order valence-electron chi connectivity index (χ0n) is 12.6. The first-order valence-electron chi connectivity index (χ1n) is 7.58. The van der Waals surface area contributed by atoms with Gasteiger partial charge in [0.2, 0.25) is 0 Å². The van der Waals surface area contributed by atoms with Crippen LogP contribution in [-0.4, -0.2) is 40.6 Å². The van der Waals surface area contributed by atoms with Gasteiger partial charge in [-0.2, -0.15) is 0 Å². The van der Waals surface area contributed by atoms with Gasteiger partial charge in [0, 0.05) is 30.6 Å². The van der Waals surface area contributed by atoms with E-state index in [0.717, 1.165) is 36.8 Å². The van der Waals surface area contributed by atoms with Crippen LogP contribution in [0, 0.1) is 19.8 Å². The highest BCUT2D eigenvalue weighted by Crippen LogP contribution is 2.24. The van der Waals surface area contributed by atoms with Gasteiger partial charge >= 0.3 is 0 Å². The number of aryl methyl sites for hydroxylation is 2. The van der Waals surface area contributed by atoms with E-state index < -0.39 is 0 Å². The average Bonchev–Trinajstić information content (AvgIpc) is 2.91. The number of rotatable bonds is 2. The number of aromatic amines is 1. The maximum Gasteiger partial charge on any atom is 0.270 e. The van der Waals surface area contributed by atoms with Crippen LogP contribution >= 0.6 is 0 Å². The van der Waals surface area contributed by atoms with Crippen LogP contribution in [0.15, 0.2) is 18.2 Å². The van der Waals surface area contributed by atoms with Crippen LogP contribution in [0.2, 0.25) is 0 Å². The molecule has 0 aliphatic carbocycles. The fraction of sp³-hybridized carbons (Fsp3) is 0.471. The van der Waals surface area contributed by atoms with Crippen molar-refractivity contribution in [3.63, 3.8) is 0 Å². The lowest BCUT2D eigenvalue weighted by atomic mass is 9.98. The van der Waals surface area contributed by atoms with Gasteiger partial charge in [0.25, 0.3) is 5.91 Å². The minimum atomic E-state index is 0.0691. The van der Waals surface area contributed by atoms with Crippen molar-refractivity contribution in [2.45, 2.75) is 26.7 Å². The van der Waals surface area contributed by atoms with Crippen molar-refractivity contribution in [1.82, 2.24) is 9.88 Å². The van der Waals surface area contributed by atoms with Crippen molar-refractivity contribution < 1.29 is 9.90 Å². The molecule has 1 amide bonds. The highest BCUT2D eigenvalue weighted by molar-refractivity contribution is 5.99. The first kappa shape index (κ1) is 14.1. The summed E-state index contributed by atoms with van der Waals surface area (Å²) in [6.45, 7) is 5.83. The first-order chi connectivity index (χ1) is 10.1. The number of benzene rings is 1. The second-order valence-electron chi connectivity index (χ2n) is 6.14. The number of H-pyrrole nitrogens is 1. The molecule has 1 fully saturated rings. The normalized spacial score (nSPS) is 16.6. The largest absolute Gasteiger partial charge is 0.396 e. The molecule has 0 unspecified atom stereocenters. The van der Waals surface area contributed by atoms with Crippen molar-refractivity contribution in [3.8, 4) is 0 Å². The quantitative estimate of drug-likeness (QED) is 0.891. The van der Waals surface area contributed by atoms with E-state index in [1.165, 1.54) is 11.1 Å². The lowest BCUT2D eigenvalue weighted by Crippen LogP contribution is -2.39. The number of nitrogens with zero attached hydrogens (tertiary/aromatic N) is 1. The monoisotopic (exact) mass is 286 g/mol. The second kappa shape index (κ2) is 5.53. The lowest BCUT2D eigenvalue weighted by Gasteiger charge is -2.30. The van der Waals surface area contributed by atoms with E-state index in [1.54, 1.807) is 0 Å². The van der Waals surface area contributed by atoms with Crippen LogP contribution < -0.4 is 0 Å². The van der Waals surface area contributed by atoms with Gasteiger partial charge in [-0.3, -0.25) is 4.79 Å². The molecule has 0 atom stereocenters. The third kappa shape index (κ3) is 2.68. The molecule has 1 aromatic heterocycles. The van der Waals surface area contributed by atoms with Gasteiger partial charge in [0.15, 0.2) is 0 Å². The average molecular weight is 286 g/mol. The molecule has 0 saturated carbocycles. The Morgan fingerprint density at radius 3 is 2.67 bits per heavy atom. The Bertz CT molecular complexity index is 667. The molecule has 1 aliphatic rings. The van der Waals surface area contributed by atoms with Crippen LogP contribution in [0.3, 0.4) is 0 Å². The summed E-state index contributed by atoms with van der Waals surface area (Å²) >= 11 is 0. The van der Waals surface area contributed by atoms with E-state index in [0.29, 0.717) is 11.6 Å². The Morgan fingerprint density at radius 2 is 2.00 bits per heavy atom. The molecular formula is C17H22N2O2. The minimum Gasteiger partial charge on any atom is -0.396 e. The van der Waals surface area contributed by atoms with Gasteiger partial charge in [0.1, 0.15) is 5.69 Å². The molecule has 3 rings (SSSR count). The van der Waals surface area contributed by atoms with Gasteiger partial charge in [-0.25, -0.2) is 0 Å². The summed E-state index contributed by atoms with van der Waals surface area (Å²) in [5.41, 5.74) is 4.09. The number of fused-ring (bicyclic) bond motifs is 1. The number of hydrogen-bond acceptors (Lipinski definition) is 2. The molecule has 1 saturated heterocycles. The van der Waals surface area contributed by atoms with Crippen molar-refractivity contribution in [1.29, 1.82) is 0 Å². The third-order valence-electron chi connectivity index (χ3n) is 4.48. The number of nitrogens with one attached hydrogen (secondary N) is 1. The van der Waals surface area contributed by atoms with Crippen LogP contribution in [0.1, 0.15) is 34.5 Å². The first-order valence-corrected chi connectivity index (χ1v) is 7.58. The number of amides is 1. The topological polar surface area (TPSA) is 56.3 Å². The molecule has 0 spiro atoms. The summed E-state index contributed by atoms with van der Waals surface area (Å²) in [4.78, 5) is 17.7. The van der Waals surface area contributed by atoms with E-state index in [4.69, 9.17) is 0 Å². The summed E-state index contributed by atoms with van der Waals surface area (Å²) in [5, 5.41) is 10.3. The van der Waals surface area contributed by atoms with E-state index in [-0.39, 0.29) is 12.5 Å². The smallest absolute Gasteiger partial charge is 0.270 e. The fourth-order valence-corrected chi connectivity index (χ4v) is 3.20. The van der Waals surface area contributed by atoms with Crippen LogP contribution in [0.4, 0.5) is 0 Å². The van der Waals surface area contributed by atoms with Gasteiger partial charge in [-0.15, -0.1) is 0 Å². The van der Waals surface area contributed by atoms with Gasteiger partial charge in [-0.05, 0) is 55.9 Å². The number of aliphatic hydroxyl groups is 1. The molecule has 21 heavy (non-hydrogen) atoms. The Morgan fingerprint density at radius 1 is 1.29 bits per heavy atom. The molecule has 2 heterocycles. The predicted octanol–water partition coefficient (Wildman–Crippen LogP) is 2.63. The molecule has 2 aromatic rings. The van der Waals surface area contributed by atoms with Gasteiger partial charge < -0.3 is 15.0 Å². The fourth-order valence-electron chi connectivity index (χ4n) is 3.20. The lowest BCUT2D eigenvalue weighted by molar-refractivity contribution is 0.0646. The van der Waals surface area contributed by atoms with Crippen molar-refractivity contribution >= 4 is 16.8 Å². The van der Waals surface area contributed by atoms with Crippen LogP contribution in [0.25, 0.3) is 10.9 Å². The molecule has 4 heteroatoms. The van der Waals surface area contributed by atoms with E-state index in [2.05, 4.69) is 31.0 Å². The Labute approximate surface area is 124 Å². The van der Waals surface area contributed by atoms with Crippen molar-refractivity contribution in [3.05, 3.63) is 35.0 Å². The van der Waals surface area contributed by atoms with E-state index in [9.17, 15) is 9.90 Å². The molecular weight excluding hydrogens is 264 g/mol. The predicted molar refractivity (Wildman–Crippen MR) is 83.5 cm³/mol. The zero-order valence-corrected chi connectivity index (χ0v) is 12.6. The van der Waals surface area contributed by atoms with E-state index in [1.807, 2.05) is 11.0 Å². The number of likely N-dealkylation sites (tertiary alicyclic amines) is 1. The highest BCUT2D eigenvalue weighted by Gasteiger charge is 2.24. The number of piperidine rings is 1. The van der Waals surface area contributed by atoms with Crippen LogP contribution in [-0.2, 0) is 0 Å². The third-order valence-corrected chi connectivity index (χ3v) is 4.48. The van der Waals surface area contributed by atoms with Gasteiger partial charge in [0.05, 0.1) is 0 Å². The zero-order chi connectivity index (χ0) is 15.0. The molecule has 1 aromatic carbocycles. The molecule has 0 radical (unpaired) electrons. The van der Waals surface area contributed by atoms with Gasteiger partial charge in [-0.1, -0.05) is 6.07 Å². The minimum absolute atomic E-state index is 0.0691. The maximum absolute atomic E-state index is 12.6. The standard InChI is InChI=1S/C17H22N2O2/c1-11-7-12(2)14-9-16(18-15(14)8-11)17(21)19-5-3-13(10-20)4-6-19/h7-9,13,18,20H,3-6,10H2,1-2H3. The number of aromatic nitrogens is 1. The molecule has 0 bridgehead atoms. The molecule has 1 aliphatic heterocycles. The Kier molecular flexibility index (Phi) is 3.72. The van der Waals surface area contributed by atoms with Crippen LogP contribution in [0.5, 0.6) is 0 Å². The maximum atomic E-state index is 12.6. The summed E-state index contributed by atoms with van der Waals surface area (Å²) in [6, 6.07) is 6.18. The number of carbonyl (C=O) groups is 1. The number of carbonyl (C=O) groups excluding carboxylic acids is 1. The SMILES string of the molecule is Cc1cc(C)c2cc(C(=O)N3CCC(CO)CC3)[nH]c2c1. The Hall–Kier alpha value is -1.81. The number of hydrogen-bond donors (Lipinski definition) is 2. The second-order valence-corrected chi connectivity index (χ2v) is 6.14. The highest BCUT2D eigenvalue weighted by atomic mass is 16.3. The van der Waals surface area contributed by atoms with E-state index >= 15 is 0 Å². The van der Waals surface area contributed by atoms with Crippen molar-refractivity contribution in [2.75, 3.05) is 19.7 Å². The Balaban J connectivity index is 1.84. The van der Waals surface area contributed by atoms with Crippen molar-refractivity contribution in [2.24, 2.45) is 5.92 Å². The number of aliphatic hydroxyl groups excluding tert-OH is 1. The molecule has 112 valence electrons. The molecule has 4 nitrogen and oxygen atoms in total.